The zero-order valence-corrected chi connectivity index (χ0v) is 12.8. The average molecular weight is 346 g/mol. The topological polar surface area (TPSA) is 84.9 Å². The number of carbonyl (C=O) groups excluding carboxylic acids is 1. The number of benzene rings is 1. The maximum absolute atomic E-state index is 11.5. The van der Waals surface area contributed by atoms with E-state index in [1.54, 1.807) is 0 Å². The number of hydrogen-bond donors (Lipinski definition) is 2. The highest BCUT2D eigenvalue weighted by Crippen LogP contribution is 2.36. The second kappa shape index (κ2) is 7.74. The largest absolute Gasteiger partial charge is 0.493 e. The van der Waals surface area contributed by atoms with Crippen LogP contribution in [0, 0.1) is 0 Å². The summed E-state index contributed by atoms with van der Waals surface area (Å²) >= 11 is 3.21. The third kappa shape index (κ3) is 4.41. The van der Waals surface area contributed by atoms with E-state index < -0.39 is 5.97 Å². The number of carboxylic acid groups (broad SMARTS) is 1. The van der Waals surface area contributed by atoms with E-state index in [1.165, 1.54) is 19.2 Å². The molecule has 0 aliphatic heterocycles. The van der Waals surface area contributed by atoms with Gasteiger partial charge >= 0.3 is 5.97 Å². The van der Waals surface area contributed by atoms with Crippen LogP contribution in [0.15, 0.2) is 16.6 Å². The quantitative estimate of drug-likeness (QED) is 0.790. The lowest BCUT2D eigenvalue weighted by atomic mass is 10.2. The Labute approximate surface area is 125 Å². The molecule has 0 saturated heterocycles. The van der Waals surface area contributed by atoms with Gasteiger partial charge in [-0.15, -0.1) is 0 Å². The van der Waals surface area contributed by atoms with E-state index >= 15 is 0 Å². The van der Waals surface area contributed by atoms with Crippen molar-refractivity contribution in [2.24, 2.45) is 0 Å². The van der Waals surface area contributed by atoms with E-state index in [-0.39, 0.29) is 23.8 Å². The summed E-state index contributed by atoms with van der Waals surface area (Å²) in [5.74, 6) is -0.774. The van der Waals surface area contributed by atoms with Crippen LogP contribution in [0.2, 0.25) is 0 Å². The summed E-state index contributed by atoms with van der Waals surface area (Å²) in [5.41, 5.74) is 0.0662. The van der Waals surface area contributed by atoms with Crippen LogP contribution >= 0.6 is 15.9 Å². The van der Waals surface area contributed by atoms with E-state index in [0.717, 1.165) is 6.42 Å². The van der Waals surface area contributed by atoms with Crippen molar-refractivity contribution in [3.8, 4) is 11.5 Å². The second-order valence-electron chi connectivity index (χ2n) is 3.93. The number of carbonyl (C=O) groups is 2. The van der Waals surface area contributed by atoms with Crippen LogP contribution in [-0.4, -0.2) is 37.2 Å². The fourth-order valence-electron chi connectivity index (χ4n) is 1.44. The first-order valence-electron chi connectivity index (χ1n) is 5.99. The molecule has 0 aromatic heterocycles. The molecule has 0 saturated carbocycles. The van der Waals surface area contributed by atoms with Crippen LogP contribution in [0.5, 0.6) is 11.5 Å². The second-order valence-corrected chi connectivity index (χ2v) is 4.79. The van der Waals surface area contributed by atoms with Crippen molar-refractivity contribution in [2.75, 3.05) is 20.3 Å². The number of methoxy groups -OCH3 is 1. The summed E-state index contributed by atoms with van der Waals surface area (Å²) in [6.45, 7) is 2.37. The molecule has 1 aromatic carbocycles. The maximum Gasteiger partial charge on any atom is 0.335 e. The van der Waals surface area contributed by atoms with Crippen molar-refractivity contribution in [1.82, 2.24) is 5.32 Å². The minimum absolute atomic E-state index is 0.0662. The van der Waals surface area contributed by atoms with E-state index in [2.05, 4.69) is 21.2 Å². The summed E-state index contributed by atoms with van der Waals surface area (Å²) in [7, 11) is 1.40. The first-order valence-corrected chi connectivity index (χ1v) is 6.79. The van der Waals surface area contributed by atoms with E-state index in [0.29, 0.717) is 16.8 Å². The van der Waals surface area contributed by atoms with Gasteiger partial charge in [-0.2, -0.15) is 0 Å². The Kier molecular flexibility index (Phi) is 6.30. The van der Waals surface area contributed by atoms with Crippen LogP contribution < -0.4 is 14.8 Å². The van der Waals surface area contributed by atoms with Gasteiger partial charge in [0.1, 0.15) is 0 Å². The fourth-order valence-corrected chi connectivity index (χ4v) is 1.99. The summed E-state index contributed by atoms with van der Waals surface area (Å²) in [6.07, 6.45) is 0.839. The summed E-state index contributed by atoms with van der Waals surface area (Å²) in [5, 5.41) is 11.6. The van der Waals surface area contributed by atoms with Crippen LogP contribution in [0.4, 0.5) is 0 Å². The Hall–Kier alpha value is -1.76. The third-order valence-corrected chi connectivity index (χ3v) is 2.99. The minimum Gasteiger partial charge on any atom is -0.493 e. The van der Waals surface area contributed by atoms with Crippen molar-refractivity contribution >= 4 is 27.8 Å². The Morgan fingerprint density at radius 3 is 2.65 bits per heavy atom. The molecular formula is C13H16BrNO5. The monoisotopic (exact) mass is 345 g/mol. The molecule has 1 aromatic rings. The molecule has 0 fully saturated rings. The SMILES string of the molecule is CCCNC(=O)COc1c(Br)cc(C(=O)O)cc1OC. The molecule has 20 heavy (non-hydrogen) atoms. The molecule has 110 valence electrons. The molecule has 0 heterocycles. The van der Waals surface area contributed by atoms with Crippen molar-refractivity contribution in [3.05, 3.63) is 22.2 Å². The van der Waals surface area contributed by atoms with Gasteiger partial charge in [0.25, 0.3) is 5.91 Å². The van der Waals surface area contributed by atoms with Crippen LogP contribution in [-0.2, 0) is 4.79 Å². The van der Waals surface area contributed by atoms with Crippen molar-refractivity contribution in [1.29, 1.82) is 0 Å². The normalized spacial score (nSPS) is 9.95. The van der Waals surface area contributed by atoms with Gasteiger partial charge < -0.3 is 19.9 Å². The Morgan fingerprint density at radius 1 is 1.40 bits per heavy atom. The van der Waals surface area contributed by atoms with E-state index in [4.69, 9.17) is 14.6 Å². The Bertz CT molecular complexity index is 504. The lowest BCUT2D eigenvalue weighted by Crippen LogP contribution is -2.29. The number of amides is 1. The lowest BCUT2D eigenvalue weighted by Gasteiger charge is -2.13. The first kappa shape index (κ1) is 16.3. The molecule has 1 rings (SSSR count). The van der Waals surface area contributed by atoms with Crippen molar-refractivity contribution < 1.29 is 24.2 Å². The number of nitrogens with one attached hydrogen (secondary N) is 1. The number of rotatable bonds is 7. The Balaban J connectivity index is 2.84. The highest BCUT2D eigenvalue weighted by Gasteiger charge is 2.16. The summed E-state index contributed by atoms with van der Waals surface area (Å²) in [4.78, 5) is 22.4. The van der Waals surface area contributed by atoms with Gasteiger partial charge in [-0.3, -0.25) is 4.79 Å². The minimum atomic E-state index is -1.07. The highest BCUT2D eigenvalue weighted by molar-refractivity contribution is 9.10. The predicted molar refractivity (Wildman–Crippen MR) is 76.4 cm³/mol. The molecule has 0 unspecified atom stereocenters. The summed E-state index contributed by atoms with van der Waals surface area (Å²) < 4.78 is 10.9. The molecule has 7 heteroatoms. The molecular weight excluding hydrogens is 330 g/mol. The van der Waals surface area contributed by atoms with Crippen LogP contribution in [0.3, 0.4) is 0 Å². The number of halogens is 1. The first-order chi connectivity index (χ1) is 9.49. The standard InChI is InChI=1S/C13H16BrNO5/c1-3-4-15-11(16)7-20-12-9(14)5-8(13(17)18)6-10(12)19-2/h5-6H,3-4,7H2,1-2H3,(H,15,16)(H,17,18). The number of ether oxygens (including phenoxy) is 2. The number of carboxylic acids is 1. The van der Waals surface area contributed by atoms with Crippen molar-refractivity contribution in [2.45, 2.75) is 13.3 Å². The van der Waals surface area contributed by atoms with Crippen molar-refractivity contribution in [3.63, 3.8) is 0 Å². The molecule has 0 spiro atoms. The average Bonchev–Trinajstić information content (AvgIpc) is 2.42. The third-order valence-electron chi connectivity index (χ3n) is 2.40. The molecule has 6 nitrogen and oxygen atoms in total. The summed E-state index contributed by atoms with van der Waals surface area (Å²) in [6, 6.07) is 2.73. The molecule has 0 radical (unpaired) electrons. The van der Waals surface area contributed by atoms with Crippen LogP contribution in [0.25, 0.3) is 0 Å². The van der Waals surface area contributed by atoms with Gasteiger partial charge in [-0.1, -0.05) is 6.92 Å². The molecule has 2 N–H and O–H groups in total. The van der Waals surface area contributed by atoms with E-state index in [1.807, 2.05) is 6.92 Å². The lowest BCUT2D eigenvalue weighted by molar-refractivity contribution is -0.123. The van der Waals surface area contributed by atoms with Gasteiger partial charge in [-0.05, 0) is 34.5 Å². The van der Waals surface area contributed by atoms with Gasteiger partial charge in [0, 0.05) is 6.54 Å². The molecule has 0 aliphatic rings. The molecule has 0 aliphatic carbocycles. The number of aromatic carboxylic acids is 1. The molecule has 0 bridgehead atoms. The molecule has 0 atom stereocenters. The Morgan fingerprint density at radius 2 is 2.10 bits per heavy atom. The van der Waals surface area contributed by atoms with Gasteiger partial charge in [0.2, 0.25) is 0 Å². The zero-order valence-electron chi connectivity index (χ0n) is 11.2. The van der Waals surface area contributed by atoms with Gasteiger partial charge in [0.15, 0.2) is 18.1 Å². The molecule has 1 amide bonds. The maximum atomic E-state index is 11.5. The van der Waals surface area contributed by atoms with Gasteiger partial charge in [0.05, 0.1) is 17.1 Å². The predicted octanol–water partition coefficient (Wildman–Crippen LogP) is 2.06. The number of hydrogen-bond acceptors (Lipinski definition) is 4. The highest BCUT2D eigenvalue weighted by atomic mass is 79.9. The van der Waals surface area contributed by atoms with E-state index in [9.17, 15) is 9.59 Å². The van der Waals surface area contributed by atoms with Crippen LogP contribution in [0.1, 0.15) is 23.7 Å². The fraction of sp³-hybridized carbons (Fsp3) is 0.385. The smallest absolute Gasteiger partial charge is 0.335 e. The van der Waals surface area contributed by atoms with Gasteiger partial charge in [-0.25, -0.2) is 4.79 Å². The zero-order chi connectivity index (χ0) is 15.1.